The zero-order valence-electron chi connectivity index (χ0n) is 11.9. The summed E-state index contributed by atoms with van der Waals surface area (Å²) in [5.41, 5.74) is 2.78. The molecule has 2 aromatic rings. The first-order valence-electron chi connectivity index (χ1n) is 7.33. The molecule has 0 spiro atoms. The lowest BCUT2D eigenvalue weighted by Gasteiger charge is -2.23. The number of nitrogens with one attached hydrogen (secondary N) is 1. The van der Waals surface area contributed by atoms with E-state index in [9.17, 15) is 0 Å². The molecule has 2 heteroatoms. The van der Waals surface area contributed by atoms with Crippen molar-refractivity contribution in [3.8, 4) is 0 Å². The Balaban J connectivity index is 1.89. The number of likely N-dealkylation sites (N-methyl/N-ethyl adjacent to an activating group) is 1. The average molecular weight is 267 g/mol. The van der Waals surface area contributed by atoms with Gasteiger partial charge >= 0.3 is 0 Å². The number of benzene rings is 2. The molecule has 20 heavy (non-hydrogen) atoms. The van der Waals surface area contributed by atoms with Crippen molar-refractivity contribution in [2.75, 3.05) is 13.7 Å². The summed E-state index contributed by atoms with van der Waals surface area (Å²) < 4.78 is 5.49. The summed E-state index contributed by atoms with van der Waals surface area (Å²) in [6, 6.07) is 15.5. The van der Waals surface area contributed by atoms with Crippen molar-refractivity contribution >= 4 is 10.8 Å². The van der Waals surface area contributed by atoms with Gasteiger partial charge in [0.25, 0.3) is 0 Å². The molecule has 1 aliphatic heterocycles. The van der Waals surface area contributed by atoms with Crippen molar-refractivity contribution in [2.45, 2.75) is 25.3 Å². The van der Waals surface area contributed by atoms with Crippen LogP contribution < -0.4 is 5.32 Å². The van der Waals surface area contributed by atoms with Gasteiger partial charge in [-0.25, -0.2) is 0 Å². The quantitative estimate of drug-likeness (QED) is 0.912. The van der Waals surface area contributed by atoms with E-state index in [1.165, 1.54) is 21.9 Å². The molecule has 0 aliphatic carbocycles. The van der Waals surface area contributed by atoms with E-state index < -0.39 is 0 Å². The number of fused-ring (bicyclic) bond motifs is 1. The normalized spacial score (nSPS) is 16.6. The van der Waals surface area contributed by atoms with Gasteiger partial charge in [0.05, 0.1) is 12.9 Å². The van der Waals surface area contributed by atoms with Crippen molar-refractivity contribution < 1.29 is 4.74 Å². The van der Waals surface area contributed by atoms with Crippen molar-refractivity contribution in [2.24, 2.45) is 0 Å². The predicted octanol–water partition coefficient (Wildman–Crippen LogP) is 3.66. The maximum Gasteiger partial charge on any atom is 0.0876 e. The Kier molecular flexibility index (Phi) is 4.03. The summed E-state index contributed by atoms with van der Waals surface area (Å²) >= 11 is 0. The minimum Gasteiger partial charge on any atom is -0.501 e. The number of ether oxygens (including phenoxy) is 1. The third kappa shape index (κ3) is 2.70. The fourth-order valence-electron chi connectivity index (χ4n) is 2.95. The average Bonchev–Trinajstić information content (AvgIpc) is 2.53. The van der Waals surface area contributed by atoms with Gasteiger partial charge < -0.3 is 10.1 Å². The largest absolute Gasteiger partial charge is 0.501 e. The van der Waals surface area contributed by atoms with Crippen molar-refractivity contribution in [3.63, 3.8) is 0 Å². The molecule has 0 radical (unpaired) electrons. The predicted molar refractivity (Wildman–Crippen MR) is 83.8 cm³/mol. The van der Waals surface area contributed by atoms with Crippen LogP contribution in [0.25, 0.3) is 10.8 Å². The SMILES string of the molecule is CNC(Cc1cccc2ccccc12)C1=COCCC1. The number of rotatable bonds is 4. The molecule has 1 atom stereocenters. The Morgan fingerprint density at radius 2 is 2.00 bits per heavy atom. The molecule has 0 fully saturated rings. The molecular formula is C18H21NO. The molecule has 0 bridgehead atoms. The van der Waals surface area contributed by atoms with Gasteiger partial charge in [0, 0.05) is 6.04 Å². The molecule has 104 valence electrons. The van der Waals surface area contributed by atoms with Gasteiger partial charge in [-0.3, -0.25) is 0 Å². The van der Waals surface area contributed by atoms with E-state index in [-0.39, 0.29) is 0 Å². The van der Waals surface area contributed by atoms with Crippen LogP contribution in [-0.4, -0.2) is 19.7 Å². The van der Waals surface area contributed by atoms with Crippen LogP contribution in [0, 0.1) is 0 Å². The summed E-state index contributed by atoms with van der Waals surface area (Å²) in [6.07, 6.45) is 5.22. The second-order valence-corrected chi connectivity index (χ2v) is 5.35. The van der Waals surface area contributed by atoms with Crippen molar-refractivity contribution in [1.82, 2.24) is 5.32 Å². The van der Waals surface area contributed by atoms with Crippen LogP contribution in [0.4, 0.5) is 0 Å². The van der Waals surface area contributed by atoms with Gasteiger partial charge in [0.15, 0.2) is 0 Å². The number of hydrogen-bond acceptors (Lipinski definition) is 2. The van der Waals surface area contributed by atoms with E-state index in [2.05, 4.69) is 47.8 Å². The molecule has 0 saturated heterocycles. The fourth-order valence-corrected chi connectivity index (χ4v) is 2.95. The highest BCUT2D eigenvalue weighted by atomic mass is 16.5. The maximum absolute atomic E-state index is 5.49. The molecule has 1 unspecified atom stereocenters. The molecule has 3 rings (SSSR count). The lowest BCUT2D eigenvalue weighted by molar-refractivity contribution is 0.219. The van der Waals surface area contributed by atoms with E-state index in [1.807, 2.05) is 13.3 Å². The zero-order chi connectivity index (χ0) is 13.8. The second kappa shape index (κ2) is 6.10. The molecule has 1 N–H and O–H groups in total. The minimum atomic E-state index is 0.362. The van der Waals surface area contributed by atoms with Crippen LogP contribution in [-0.2, 0) is 11.2 Å². The van der Waals surface area contributed by atoms with Gasteiger partial charge in [-0.15, -0.1) is 0 Å². The minimum absolute atomic E-state index is 0.362. The van der Waals surface area contributed by atoms with E-state index >= 15 is 0 Å². The molecule has 0 saturated carbocycles. The summed E-state index contributed by atoms with van der Waals surface area (Å²) in [5, 5.41) is 6.10. The summed E-state index contributed by atoms with van der Waals surface area (Å²) in [7, 11) is 2.03. The molecule has 1 heterocycles. The van der Waals surface area contributed by atoms with Crippen LogP contribution in [0.2, 0.25) is 0 Å². The zero-order valence-corrected chi connectivity index (χ0v) is 11.9. The maximum atomic E-state index is 5.49. The first-order valence-corrected chi connectivity index (χ1v) is 7.33. The topological polar surface area (TPSA) is 21.3 Å². The van der Waals surface area contributed by atoms with Crippen molar-refractivity contribution in [1.29, 1.82) is 0 Å². The molecule has 0 aromatic heterocycles. The van der Waals surface area contributed by atoms with Crippen LogP contribution in [0.15, 0.2) is 54.3 Å². The molecular weight excluding hydrogens is 246 g/mol. The van der Waals surface area contributed by atoms with E-state index in [0.29, 0.717) is 6.04 Å². The van der Waals surface area contributed by atoms with E-state index in [0.717, 1.165) is 25.9 Å². The monoisotopic (exact) mass is 267 g/mol. The molecule has 2 nitrogen and oxygen atoms in total. The summed E-state index contributed by atoms with van der Waals surface area (Å²) in [6.45, 7) is 0.855. The van der Waals surface area contributed by atoms with Crippen LogP contribution in [0.5, 0.6) is 0 Å². The smallest absolute Gasteiger partial charge is 0.0876 e. The summed E-state index contributed by atoms with van der Waals surface area (Å²) in [4.78, 5) is 0. The second-order valence-electron chi connectivity index (χ2n) is 5.35. The number of hydrogen-bond donors (Lipinski definition) is 1. The first-order chi connectivity index (χ1) is 9.88. The van der Waals surface area contributed by atoms with Gasteiger partial charge in [0.2, 0.25) is 0 Å². The Hall–Kier alpha value is -1.80. The third-order valence-electron chi connectivity index (χ3n) is 4.06. The lowest BCUT2D eigenvalue weighted by atomic mass is 9.93. The fraction of sp³-hybridized carbons (Fsp3) is 0.333. The van der Waals surface area contributed by atoms with Crippen LogP contribution in [0.1, 0.15) is 18.4 Å². The molecule has 2 aromatic carbocycles. The van der Waals surface area contributed by atoms with Crippen LogP contribution >= 0.6 is 0 Å². The van der Waals surface area contributed by atoms with Gasteiger partial charge in [0.1, 0.15) is 0 Å². The first kappa shape index (κ1) is 13.2. The third-order valence-corrected chi connectivity index (χ3v) is 4.06. The Morgan fingerprint density at radius 1 is 1.15 bits per heavy atom. The van der Waals surface area contributed by atoms with Crippen LogP contribution in [0.3, 0.4) is 0 Å². The summed E-state index contributed by atoms with van der Waals surface area (Å²) in [5.74, 6) is 0. The standard InChI is InChI=1S/C18H21NO/c1-19-18(16-9-5-11-20-13-16)12-15-8-4-7-14-6-2-3-10-17(14)15/h2-4,6-8,10,13,18-19H,5,9,11-12H2,1H3. The van der Waals surface area contributed by atoms with Gasteiger partial charge in [-0.1, -0.05) is 42.5 Å². The Labute approximate surface area is 120 Å². The van der Waals surface area contributed by atoms with E-state index in [4.69, 9.17) is 4.74 Å². The van der Waals surface area contributed by atoms with Gasteiger partial charge in [-0.2, -0.15) is 0 Å². The Morgan fingerprint density at radius 3 is 2.80 bits per heavy atom. The highest BCUT2D eigenvalue weighted by Crippen LogP contribution is 2.23. The molecule has 0 amide bonds. The van der Waals surface area contributed by atoms with E-state index in [1.54, 1.807) is 0 Å². The molecule has 1 aliphatic rings. The lowest BCUT2D eigenvalue weighted by Crippen LogP contribution is -2.31. The van der Waals surface area contributed by atoms with Crippen molar-refractivity contribution in [3.05, 3.63) is 59.9 Å². The Bertz CT molecular complexity index is 612. The highest BCUT2D eigenvalue weighted by Gasteiger charge is 2.16. The van der Waals surface area contributed by atoms with Gasteiger partial charge in [-0.05, 0) is 48.2 Å². The highest BCUT2D eigenvalue weighted by molar-refractivity contribution is 5.85.